The zero-order valence-corrected chi connectivity index (χ0v) is 20.5. The van der Waals surface area contributed by atoms with Crippen LogP contribution >= 0.6 is 12.4 Å². The number of aromatic hydroxyl groups is 1. The van der Waals surface area contributed by atoms with Crippen LogP contribution in [0.5, 0.6) is 23.0 Å². The SMILES string of the molecule is Cl.Oc1ccc2c(Oc3ccc(OCCC4CCCCN4)cc3)c(-c3cc(F)ccc3F)ccc2c1. The first kappa shape index (κ1) is 25.7. The van der Waals surface area contributed by atoms with Crippen LogP contribution in [0.3, 0.4) is 0 Å². The van der Waals surface area contributed by atoms with E-state index in [0.29, 0.717) is 35.1 Å². The minimum atomic E-state index is -0.550. The molecule has 36 heavy (non-hydrogen) atoms. The Balaban J connectivity index is 0.00000304. The fraction of sp³-hybridized carbons (Fsp3) is 0.241. The van der Waals surface area contributed by atoms with Crippen molar-refractivity contribution in [3.05, 3.63) is 84.4 Å². The van der Waals surface area contributed by atoms with Crippen LogP contribution in [-0.4, -0.2) is 24.3 Å². The Morgan fingerprint density at radius 3 is 2.44 bits per heavy atom. The molecule has 0 bridgehead atoms. The normalized spacial score (nSPS) is 15.3. The van der Waals surface area contributed by atoms with E-state index in [1.165, 1.54) is 19.3 Å². The van der Waals surface area contributed by atoms with Crippen LogP contribution < -0.4 is 14.8 Å². The lowest BCUT2D eigenvalue weighted by Gasteiger charge is -2.23. The Bertz CT molecular complexity index is 1320. The maximum atomic E-state index is 14.7. The summed E-state index contributed by atoms with van der Waals surface area (Å²) >= 11 is 0. The van der Waals surface area contributed by atoms with Gasteiger partial charge in [0.25, 0.3) is 0 Å². The molecule has 0 amide bonds. The molecule has 4 nitrogen and oxygen atoms in total. The molecule has 0 aliphatic carbocycles. The standard InChI is InChI=1S/C29H27F2NO3.ClH/c30-20-5-13-28(31)27(18-20)26-11-4-19-17-22(33)6-12-25(19)29(26)35-24-9-7-23(8-10-24)34-16-14-21-3-1-2-15-32-21;/h4-13,17-18,21,32-33H,1-3,14-16H2;1H. The maximum absolute atomic E-state index is 14.7. The van der Waals surface area contributed by atoms with Gasteiger partial charge in [-0.2, -0.15) is 0 Å². The zero-order valence-electron chi connectivity index (χ0n) is 19.7. The van der Waals surface area contributed by atoms with E-state index in [-0.39, 0.29) is 23.7 Å². The average molecular weight is 512 g/mol. The predicted octanol–water partition coefficient (Wildman–Crippen LogP) is 7.62. The van der Waals surface area contributed by atoms with Crippen LogP contribution in [0.15, 0.2) is 72.8 Å². The summed E-state index contributed by atoms with van der Waals surface area (Å²) in [5, 5.41) is 14.8. The minimum absolute atomic E-state index is 0. The quantitative estimate of drug-likeness (QED) is 0.268. The summed E-state index contributed by atoms with van der Waals surface area (Å²) in [4.78, 5) is 0. The van der Waals surface area contributed by atoms with Crippen molar-refractivity contribution in [1.82, 2.24) is 5.32 Å². The van der Waals surface area contributed by atoms with Crippen molar-refractivity contribution in [2.75, 3.05) is 13.2 Å². The minimum Gasteiger partial charge on any atom is -0.508 e. The first-order valence-electron chi connectivity index (χ1n) is 11.9. The molecule has 1 fully saturated rings. The number of phenols is 1. The number of nitrogens with one attached hydrogen (secondary N) is 1. The van der Waals surface area contributed by atoms with Gasteiger partial charge in [0.1, 0.15) is 34.6 Å². The van der Waals surface area contributed by atoms with Crippen LogP contribution in [0.25, 0.3) is 21.9 Å². The third kappa shape index (κ3) is 5.89. The topological polar surface area (TPSA) is 50.7 Å². The smallest absolute Gasteiger partial charge is 0.143 e. The van der Waals surface area contributed by atoms with Crippen molar-refractivity contribution in [2.24, 2.45) is 0 Å². The molecule has 0 saturated carbocycles. The Hall–Kier alpha value is -3.35. The van der Waals surface area contributed by atoms with Crippen LogP contribution in [0.2, 0.25) is 0 Å². The Kier molecular flexibility index (Phi) is 8.28. The van der Waals surface area contributed by atoms with Gasteiger partial charge in [-0.25, -0.2) is 8.78 Å². The van der Waals surface area contributed by atoms with Crippen LogP contribution in [0.4, 0.5) is 8.78 Å². The van der Waals surface area contributed by atoms with Crippen molar-refractivity contribution in [3.8, 4) is 34.1 Å². The number of hydrogen-bond donors (Lipinski definition) is 2. The summed E-state index contributed by atoms with van der Waals surface area (Å²) in [7, 11) is 0. The Morgan fingerprint density at radius 1 is 0.861 bits per heavy atom. The molecule has 4 aromatic rings. The molecule has 1 aliphatic heterocycles. The van der Waals surface area contributed by atoms with Crippen molar-refractivity contribution < 1.29 is 23.4 Å². The summed E-state index contributed by atoms with van der Waals surface area (Å²) in [6, 6.07) is 19.4. The second-order valence-electron chi connectivity index (χ2n) is 8.83. The lowest BCUT2D eigenvalue weighted by Crippen LogP contribution is -2.35. The highest BCUT2D eigenvalue weighted by Gasteiger charge is 2.17. The van der Waals surface area contributed by atoms with E-state index < -0.39 is 11.6 Å². The number of piperidine rings is 1. The molecule has 1 unspecified atom stereocenters. The molecular weight excluding hydrogens is 484 g/mol. The number of benzene rings is 4. The van der Waals surface area contributed by atoms with Crippen molar-refractivity contribution in [3.63, 3.8) is 0 Å². The molecular formula is C29H28ClF2NO3. The van der Waals surface area contributed by atoms with Crippen LogP contribution in [-0.2, 0) is 0 Å². The maximum Gasteiger partial charge on any atom is 0.143 e. The lowest BCUT2D eigenvalue weighted by molar-refractivity contribution is 0.268. The molecule has 1 atom stereocenters. The fourth-order valence-electron chi connectivity index (χ4n) is 4.53. The van der Waals surface area contributed by atoms with E-state index in [0.717, 1.165) is 42.3 Å². The summed E-state index contributed by atoms with van der Waals surface area (Å²) in [5.74, 6) is 0.674. The zero-order chi connectivity index (χ0) is 24.2. The molecule has 0 spiro atoms. The first-order valence-corrected chi connectivity index (χ1v) is 11.9. The molecule has 0 radical (unpaired) electrons. The Morgan fingerprint density at radius 2 is 1.67 bits per heavy atom. The van der Waals surface area contributed by atoms with Gasteiger partial charge in [-0.3, -0.25) is 0 Å². The van der Waals surface area contributed by atoms with E-state index in [9.17, 15) is 13.9 Å². The van der Waals surface area contributed by atoms with Gasteiger partial charge in [-0.1, -0.05) is 12.5 Å². The highest BCUT2D eigenvalue weighted by molar-refractivity contribution is 5.96. The molecule has 188 valence electrons. The summed E-state index contributed by atoms with van der Waals surface area (Å²) in [6.07, 6.45) is 4.65. The van der Waals surface area contributed by atoms with Crippen molar-refractivity contribution >= 4 is 23.2 Å². The lowest BCUT2D eigenvalue weighted by atomic mass is 9.98. The first-order chi connectivity index (χ1) is 17.1. The van der Waals surface area contributed by atoms with Gasteiger partial charge in [0.05, 0.1) is 6.61 Å². The monoisotopic (exact) mass is 511 g/mol. The van der Waals surface area contributed by atoms with E-state index in [4.69, 9.17) is 9.47 Å². The number of hydrogen-bond acceptors (Lipinski definition) is 4. The highest BCUT2D eigenvalue weighted by atomic mass is 35.5. The van der Waals surface area contributed by atoms with Crippen molar-refractivity contribution in [2.45, 2.75) is 31.7 Å². The van der Waals surface area contributed by atoms with E-state index in [1.54, 1.807) is 42.5 Å². The van der Waals surface area contributed by atoms with Crippen LogP contribution in [0, 0.1) is 11.6 Å². The van der Waals surface area contributed by atoms with E-state index >= 15 is 0 Å². The van der Waals surface area contributed by atoms with E-state index in [2.05, 4.69) is 5.32 Å². The molecule has 7 heteroatoms. The van der Waals surface area contributed by atoms with Crippen molar-refractivity contribution in [1.29, 1.82) is 0 Å². The van der Waals surface area contributed by atoms with Gasteiger partial charge >= 0.3 is 0 Å². The van der Waals surface area contributed by atoms with E-state index in [1.807, 2.05) is 12.1 Å². The Labute approximate surface area is 215 Å². The molecule has 1 saturated heterocycles. The number of rotatable bonds is 7. The summed E-state index contributed by atoms with van der Waals surface area (Å²) in [5.41, 5.74) is 0.520. The molecule has 0 aromatic heterocycles. The fourth-order valence-corrected chi connectivity index (χ4v) is 4.53. The van der Waals surface area contributed by atoms with Gasteiger partial charge in [-0.05, 0) is 97.9 Å². The second-order valence-corrected chi connectivity index (χ2v) is 8.83. The van der Waals surface area contributed by atoms with Gasteiger partial charge < -0.3 is 19.9 Å². The molecule has 4 aromatic carbocycles. The molecule has 5 rings (SSSR count). The summed E-state index contributed by atoms with van der Waals surface area (Å²) in [6.45, 7) is 1.71. The molecule has 1 heterocycles. The number of phenolic OH excluding ortho intramolecular Hbond substituents is 1. The average Bonchev–Trinajstić information content (AvgIpc) is 2.87. The summed E-state index contributed by atoms with van der Waals surface area (Å²) < 4.78 is 40.8. The second kappa shape index (κ2) is 11.6. The molecule has 1 aliphatic rings. The van der Waals surface area contributed by atoms with Gasteiger partial charge in [0, 0.05) is 22.6 Å². The van der Waals surface area contributed by atoms with Gasteiger partial charge in [0.2, 0.25) is 0 Å². The number of fused-ring (bicyclic) bond motifs is 1. The third-order valence-corrected chi connectivity index (χ3v) is 6.36. The van der Waals surface area contributed by atoms with Gasteiger partial charge in [0.15, 0.2) is 0 Å². The molecule has 2 N–H and O–H groups in total. The predicted molar refractivity (Wildman–Crippen MR) is 140 cm³/mol. The number of halogens is 3. The van der Waals surface area contributed by atoms with Crippen LogP contribution in [0.1, 0.15) is 25.7 Å². The highest BCUT2D eigenvalue weighted by Crippen LogP contribution is 2.41. The largest absolute Gasteiger partial charge is 0.508 e. The number of ether oxygens (including phenoxy) is 2. The van der Waals surface area contributed by atoms with Gasteiger partial charge in [-0.15, -0.1) is 12.4 Å². The third-order valence-electron chi connectivity index (χ3n) is 6.36.